The number of aromatic nitrogens is 1. The summed E-state index contributed by atoms with van der Waals surface area (Å²) in [4.78, 5) is 16.2. The van der Waals surface area contributed by atoms with Gasteiger partial charge in [0.1, 0.15) is 17.7 Å². The van der Waals surface area contributed by atoms with Gasteiger partial charge in [-0.05, 0) is 18.2 Å². The van der Waals surface area contributed by atoms with E-state index < -0.39 is 0 Å². The number of pyridine rings is 1. The molecule has 6 nitrogen and oxygen atoms in total. The number of nitrogens with two attached hydrogens (primary N) is 1. The van der Waals surface area contributed by atoms with Crippen molar-refractivity contribution in [3.05, 3.63) is 41.5 Å². The lowest BCUT2D eigenvalue weighted by molar-refractivity contribution is 0.102. The first-order valence-corrected chi connectivity index (χ1v) is 5.57. The normalized spacial score (nSPS) is 12.3. The Labute approximate surface area is 108 Å². The van der Waals surface area contributed by atoms with Crippen molar-refractivity contribution < 1.29 is 4.79 Å². The maximum atomic E-state index is 12.1. The van der Waals surface area contributed by atoms with E-state index in [2.05, 4.69) is 15.6 Å². The molecule has 6 heteroatoms. The third-order valence-electron chi connectivity index (χ3n) is 2.85. The number of hydrogen-bond acceptors (Lipinski definition) is 5. The molecule has 1 amide bonds. The number of benzene rings is 1. The van der Waals surface area contributed by atoms with Crippen LogP contribution in [0.15, 0.2) is 30.3 Å². The Morgan fingerprint density at radius 2 is 1.89 bits per heavy atom. The first-order valence-electron chi connectivity index (χ1n) is 5.57. The molecule has 4 N–H and O–H groups in total. The number of anilines is 4. The van der Waals surface area contributed by atoms with Crippen molar-refractivity contribution in [3.63, 3.8) is 0 Å². The average molecular weight is 251 g/mol. The Morgan fingerprint density at radius 3 is 2.58 bits per heavy atom. The number of nitrogen functional groups attached to an aromatic ring is 1. The average Bonchev–Trinajstić information content (AvgIpc) is 2.53. The number of nitrogens with zero attached hydrogens (tertiary/aromatic N) is 2. The van der Waals surface area contributed by atoms with Gasteiger partial charge in [0.2, 0.25) is 0 Å². The molecule has 1 aromatic heterocycles. The van der Waals surface area contributed by atoms with Gasteiger partial charge in [0.15, 0.2) is 0 Å². The number of hydrogen-bond donors (Lipinski definition) is 3. The standard InChI is InChI=1S/C13H9N5O/c14-6-7-5-8-12(18-11(7)15)16-9-3-1-2-4-10(9)17-13(8)19/h1-5H,(H,17,19)(H3,15,16,18). The van der Waals surface area contributed by atoms with Gasteiger partial charge >= 0.3 is 0 Å². The van der Waals surface area contributed by atoms with E-state index >= 15 is 0 Å². The van der Waals surface area contributed by atoms with Gasteiger partial charge in [0.25, 0.3) is 5.91 Å². The molecule has 0 unspecified atom stereocenters. The number of nitrogens with one attached hydrogen (secondary N) is 2. The van der Waals surface area contributed by atoms with Gasteiger partial charge < -0.3 is 16.4 Å². The summed E-state index contributed by atoms with van der Waals surface area (Å²) in [6.45, 7) is 0. The third kappa shape index (κ3) is 1.73. The van der Waals surface area contributed by atoms with Crippen LogP contribution in [0, 0.1) is 11.3 Å². The molecule has 0 bridgehead atoms. The molecule has 0 fully saturated rings. The van der Waals surface area contributed by atoms with E-state index in [4.69, 9.17) is 11.0 Å². The largest absolute Gasteiger partial charge is 0.383 e. The van der Waals surface area contributed by atoms with Crippen LogP contribution in [0.3, 0.4) is 0 Å². The molecule has 92 valence electrons. The van der Waals surface area contributed by atoms with Gasteiger partial charge in [-0.3, -0.25) is 4.79 Å². The van der Waals surface area contributed by atoms with Gasteiger partial charge in [0, 0.05) is 0 Å². The predicted octanol–water partition coefficient (Wildman–Crippen LogP) is 1.84. The second kappa shape index (κ2) is 3.99. The minimum atomic E-state index is -0.323. The smallest absolute Gasteiger partial charge is 0.259 e. The Bertz CT molecular complexity index is 732. The molecule has 0 aliphatic carbocycles. The van der Waals surface area contributed by atoms with Crippen LogP contribution >= 0.6 is 0 Å². The van der Waals surface area contributed by atoms with Gasteiger partial charge in [-0.15, -0.1) is 0 Å². The van der Waals surface area contributed by atoms with Crippen LogP contribution in [-0.2, 0) is 0 Å². The first kappa shape index (κ1) is 11.0. The molecule has 1 aliphatic rings. The Kier molecular flexibility index (Phi) is 2.32. The van der Waals surface area contributed by atoms with Crippen LogP contribution in [0.4, 0.5) is 23.0 Å². The minimum absolute atomic E-state index is 0.0981. The highest BCUT2D eigenvalue weighted by molar-refractivity contribution is 6.11. The summed E-state index contributed by atoms with van der Waals surface area (Å²) >= 11 is 0. The van der Waals surface area contributed by atoms with Gasteiger partial charge in [-0.1, -0.05) is 12.1 Å². The molecule has 0 atom stereocenters. The zero-order chi connectivity index (χ0) is 13.4. The van der Waals surface area contributed by atoms with Crippen LogP contribution in [-0.4, -0.2) is 10.9 Å². The van der Waals surface area contributed by atoms with E-state index in [0.29, 0.717) is 17.1 Å². The first-order chi connectivity index (χ1) is 9.19. The van der Waals surface area contributed by atoms with Crippen molar-refractivity contribution in [2.24, 2.45) is 0 Å². The molecule has 2 aromatic rings. The molecule has 0 radical (unpaired) electrons. The van der Waals surface area contributed by atoms with Crippen molar-refractivity contribution in [1.82, 2.24) is 4.98 Å². The number of rotatable bonds is 0. The van der Waals surface area contributed by atoms with Gasteiger partial charge in [-0.25, -0.2) is 4.98 Å². The highest BCUT2D eigenvalue weighted by Crippen LogP contribution is 2.31. The van der Waals surface area contributed by atoms with Gasteiger partial charge in [-0.2, -0.15) is 5.26 Å². The lowest BCUT2D eigenvalue weighted by atomic mass is 10.1. The summed E-state index contributed by atoms with van der Waals surface area (Å²) in [5.74, 6) is 0.122. The van der Waals surface area contributed by atoms with E-state index in [0.717, 1.165) is 5.69 Å². The monoisotopic (exact) mass is 251 g/mol. The summed E-state index contributed by atoms with van der Waals surface area (Å²) in [5.41, 5.74) is 7.52. The Morgan fingerprint density at radius 1 is 1.21 bits per heavy atom. The molecule has 2 heterocycles. The van der Waals surface area contributed by atoms with Crippen molar-refractivity contribution in [2.45, 2.75) is 0 Å². The molecular formula is C13H9N5O. The summed E-state index contributed by atoms with van der Waals surface area (Å²) in [5, 5.41) is 14.7. The van der Waals surface area contributed by atoms with Crippen LogP contribution in [0.5, 0.6) is 0 Å². The van der Waals surface area contributed by atoms with E-state index in [1.807, 2.05) is 24.3 Å². The molecule has 0 saturated heterocycles. The fourth-order valence-corrected chi connectivity index (χ4v) is 1.90. The predicted molar refractivity (Wildman–Crippen MR) is 71.0 cm³/mol. The summed E-state index contributed by atoms with van der Waals surface area (Å²) in [6.07, 6.45) is 0. The van der Waals surface area contributed by atoms with Gasteiger partial charge in [0.05, 0.1) is 22.5 Å². The summed E-state index contributed by atoms with van der Waals surface area (Å²) in [7, 11) is 0. The number of amides is 1. The second-order valence-electron chi connectivity index (χ2n) is 4.05. The van der Waals surface area contributed by atoms with E-state index in [9.17, 15) is 4.79 Å². The highest BCUT2D eigenvalue weighted by Gasteiger charge is 2.21. The maximum Gasteiger partial charge on any atom is 0.259 e. The van der Waals surface area contributed by atoms with Crippen LogP contribution in [0.2, 0.25) is 0 Å². The molecule has 19 heavy (non-hydrogen) atoms. The highest BCUT2D eigenvalue weighted by atomic mass is 16.1. The number of para-hydroxylation sites is 2. The zero-order valence-electron chi connectivity index (χ0n) is 9.77. The Hall–Kier alpha value is -3.07. The number of nitriles is 1. The molecule has 0 spiro atoms. The number of carbonyl (C=O) groups is 1. The lowest BCUT2D eigenvalue weighted by Gasteiger charge is -2.08. The van der Waals surface area contributed by atoms with Crippen molar-refractivity contribution in [1.29, 1.82) is 5.26 Å². The number of fused-ring (bicyclic) bond motifs is 2. The topological polar surface area (TPSA) is 104 Å². The van der Waals surface area contributed by atoms with Crippen LogP contribution < -0.4 is 16.4 Å². The lowest BCUT2D eigenvalue weighted by Crippen LogP contribution is -2.12. The minimum Gasteiger partial charge on any atom is -0.383 e. The van der Waals surface area contributed by atoms with Crippen molar-refractivity contribution >= 4 is 28.9 Å². The summed E-state index contributed by atoms with van der Waals surface area (Å²) in [6, 6.07) is 10.6. The fourth-order valence-electron chi connectivity index (χ4n) is 1.90. The SMILES string of the molecule is N#Cc1cc2c(nc1N)Nc1ccccc1NC2=O. The number of carbonyl (C=O) groups excluding carboxylic acids is 1. The zero-order valence-corrected chi connectivity index (χ0v) is 9.77. The van der Waals surface area contributed by atoms with E-state index in [1.165, 1.54) is 6.07 Å². The maximum absolute atomic E-state index is 12.1. The third-order valence-corrected chi connectivity index (χ3v) is 2.85. The fraction of sp³-hybridized carbons (Fsp3) is 0. The molecule has 3 rings (SSSR count). The molecular weight excluding hydrogens is 242 g/mol. The Balaban J connectivity index is 2.20. The molecule has 1 aliphatic heterocycles. The van der Waals surface area contributed by atoms with Crippen LogP contribution in [0.25, 0.3) is 0 Å². The quantitative estimate of drug-likeness (QED) is 0.662. The molecule has 0 saturated carbocycles. The second-order valence-corrected chi connectivity index (χ2v) is 4.05. The van der Waals surface area contributed by atoms with E-state index in [1.54, 1.807) is 6.07 Å². The van der Waals surface area contributed by atoms with Crippen molar-refractivity contribution in [2.75, 3.05) is 16.4 Å². The van der Waals surface area contributed by atoms with Crippen LogP contribution in [0.1, 0.15) is 15.9 Å². The molecule has 1 aromatic carbocycles. The van der Waals surface area contributed by atoms with E-state index in [-0.39, 0.29) is 17.3 Å². The van der Waals surface area contributed by atoms with Crippen molar-refractivity contribution in [3.8, 4) is 6.07 Å². The summed E-state index contributed by atoms with van der Waals surface area (Å²) < 4.78 is 0.